The van der Waals surface area contributed by atoms with E-state index in [1.54, 1.807) is 29.3 Å². The van der Waals surface area contributed by atoms with Gasteiger partial charge in [-0.05, 0) is 30.7 Å². The van der Waals surface area contributed by atoms with Crippen molar-refractivity contribution in [2.45, 2.75) is 13.5 Å². The van der Waals surface area contributed by atoms with E-state index in [1.807, 2.05) is 13.1 Å². The van der Waals surface area contributed by atoms with Gasteiger partial charge < -0.3 is 4.42 Å². The van der Waals surface area contributed by atoms with Gasteiger partial charge in [0, 0.05) is 11.8 Å². The normalized spacial score (nSPS) is 10.8. The SMILES string of the molecule is Cc1cnn(Cc2coc(-c3cccc(F)c3)n2)c1. The number of benzene rings is 1. The summed E-state index contributed by atoms with van der Waals surface area (Å²) < 4.78 is 20.3. The van der Waals surface area contributed by atoms with Crippen molar-refractivity contribution in [1.29, 1.82) is 0 Å². The van der Waals surface area contributed by atoms with Gasteiger partial charge in [0.25, 0.3) is 0 Å². The van der Waals surface area contributed by atoms with Crippen molar-refractivity contribution in [3.8, 4) is 11.5 Å². The molecule has 0 bridgehead atoms. The lowest BCUT2D eigenvalue weighted by Crippen LogP contribution is -1.99. The largest absolute Gasteiger partial charge is 0.444 e. The quantitative estimate of drug-likeness (QED) is 0.724. The van der Waals surface area contributed by atoms with Crippen LogP contribution in [0.1, 0.15) is 11.3 Å². The standard InChI is InChI=1S/C14H12FN3O/c1-10-6-16-18(7-10)8-13-9-19-14(17-13)11-3-2-4-12(15)5-11/h2-7,9H,8H2,1H3. The molecular formula is C14H12FN3O. The average Bonchev–Trinajstić information content (AvgIpc) is 2.99. The molecule has 2 heterocycles. The molecule has 0 fully saturated rings. The van der Waals surface area contributed by atoms with Gasteiger partial charge in [0.2, 0.25) is 5.89 Å². The fourth-order valence-corrected chi connectivity index (χ4v) is 1.85. The predicted molar refractivity (Wildman–Crippen MR) is 68.0 cm³/mol. The Morgan fingerprint density at radius 3 is 3.00 bits per heavy atom. The molecule has 0 amide bonds. The Kier molecular flexibility index (Phi) is 2.87. The van der Waals surface area contributed by atoms with E-state index in [4.69, 9.17) is 4.42 Å². The fourth-order valence-electron chi connectivity index (χ4n) is 1.85. The molecule has 0 aliphatic carbocycles. The van der Waals surface area contributed by atoms with Crippen LogP contribution in [0.25, 0.3) is 11.5 Å². The second kappa shape index (κ2) is 4.68. The van der Waals surface area contributed by atoms with Gasteiger partial charge in [-0.15, -0.1) is 0 Å². The van der Waals surface area contributed by atoms with E-state index in [0.717, 1.165) is 11.3 Å². The van der Waals surface area contributed by atoms with E-state index in [2.05, 4.69) is 10.1 Å². The molecule has 4 nitrogen and oxygen atoms in total. The summed E-state index contributed by atoms with van der Waals surface area (Å²) in [6.45, 7) is 2.51. The Morgan fingerprint density at radius 1 is 1.37 bits per heavy atom. The third kappa shape index (κ3) is 2.54. The Labute approximate surface area is 109 Å². The van der Waals surface area contributed by atoms with Crippen LogP contribution in [0.2, 0.25) is 0 Å². The molecule has 2 aromatic heterocycles. The van der Waals surface area contributed by atoms with E-state index in [9.17, 15) is 4.39 Å². The van der Waals surface area contributed by atoms with Crippen LogP contribution in [0.3, 0.4) is 0 Å². The smallest absolute Gasteiger partial charge is 0.226 e. The molecule has 3 rings (SSSR count). The predicted octanol–water partition coefficient (Wildman–Crippen LogP) is 3.03. The minimum atomic E-state index is -0.306. The van der Waals surface area contributed by atoms with E-state index in [-0.39, 0.29) is 5.82 Å². The van der Waals surface area contributed by atoms with Gasteiger partial charge in [0.15, 0.2) is 0 Å². The molecule has 96 valence electrons. The van der Waals surface area contributed by atoms with Gasteiger partial charge in [-0.25, -0.2) is 9.37 Å². The summed E-state index contributed by atoms with van der Waals surface area (Å²) in [4.78, 5) is 4.33. The van der Waals surface area contributed by atoms with Crippen LogP contribution >= 0.6 is 0 Å². The summed E-state index contributed by atoms with van der Waals surface area (Å²) in [6.07, 6.45) is 5.28. The molecule has 5 heteroatoms. The van der Waals surface area contributed by atoms with Crippen LogP contribution < -0.4 is 0 Å². The first-order chi connectivity index (χ1) is 9.20. The van der Waals surface area contributed by atoms with Crippen LogP contribution in [0.4, 0.5) is 4.39 Å². The molecule has 0 saturated heterocycles. The first kappa shape index (κ1) is 11.6. The summed E-state index contributed by atoms with van der Waals surface area (Å²) in [5, 5.41) is 4.18. The molecule has 3 aromatic rings. The highest BCUT2D eigenvalue weighted by Crippen LogP contribution is 2.19. The second-order valence-corrected chi connectivity index (χ2v) is 4.37. The highest BCUT2D eigenvalue weighted by Gasteiger charge is 2.08. The Morgan fingerprint density at radius 2 is 2.26 bits per heavy atom. The molecule has 0 saturated carbocycles. The highest BCUT2D eigenvalue weighted by molar-refractivity contribution is 5.52. The van der Waals surface area contributed by atoms with Gasteiger partial charge in [-0.1, -0.05) is 6.07 Å². The second-order valence-electron chi connectivity index (χ2n) is 4.37. The molecule has 0 radical (unpaired) electrons. The molecule has 0 aliphatic rings. The maximum absolute atomic E-state index is 13.1. The minimum absolute atomic E-state index is 0.306. The van der Waals surface area contributed by atoms with Crippen LogP contribution in [-0.2, 0) is 6.54 Å². The lowest BCUT2D eigenvalue weighted by atomic mass is 10.2. The van der Waals surface area contributed by atoms with Gasteiger partial charge in [0.05, 0.1) is 12.7 Å². The number of nitrogens with zero attached hydrogens (tertiary/aromatic N) is 3. The summed E-state index contributed by atoms with van der Waals surface area (Å²) in [5.74, 6) is 0.110. The number of halogens is 1. The highest BCUT2D eigenvalue weighted by atomic mass is 19.1. The van der Waals surface area contributed by atoms with Crippen molar-refractivity contribution >= 4 is 0 Å². The van der Waals surface area contributed by atoms with Gasteiger partial charge in [-0.3, -0.25) is 4.68 Å². The first-order valence-corrected chi connectivity index (χ1v) is 5.90. The summed E-state index contributed by atoms with van der Waals surface area (Å²) in [5.41, 5.74) is 2.47. The maximum Gasteiger partial charge on any atom is 0.226 e. The lowest BCUT2D eigenvalue weighted by Gasteiger charge is -1.96. The Bertz CT molecular complexity index is 702. The minimum Gasteiger partial charge on any atom is -0.444 e. The van der Waals surface area contributed by atoms with E-state index in [0.29, 0.717) is 18.0 Å². The number of hydrogen-bond acceptors (Lipinski definition) is 3. The van der Waals surface area contributed by atoms with Crippen molar-refractivity contribution in [1.82, 2.24) is 14.8 Å². The van der Waals surface area contributed by atoms with Gasteiger partial charge in [0.1, 0.15) is 17.8 Å². The number of rotatable bonds is 3. The summed E-state index contributed by atoms with van der Waals surface area (Å²) >= 11 is 0. The van der Waals surface area contributed by atoms with Crippen LogP contribution in [-0.4, -0.2) is 14.8 Å². The van der Waals surface area contributed by atoms with Crippen LogP contribution in [0.5, 0.6) is 0 Å². The van der Waals surface area contributed by atoms with Crippen molar-refractivity contribution in [2.24, 2.45) is 0 Å². The van der Waals surface area contributed by atoms with Crippen molar-refractivity contribution in [3.63, 3.8) is 0 Å². The van der Waals surface area contributed by atoms with Crippen LogP contribution in [0, 0.1) is 12.7 Å². The molecule has 0 aliphatic heterocycles. The van der Waals surface area contributed by atoms with Crippen molar-refractivity contribution < 1.29 is 8.81 Å². The number of aryl methyl sites for hydroxylation is 1. The zero-order valence-electron chi connectivity index (χ0n) is 10.4. The number of oxazole rings is 1. The zero-order chi connectivity index (χ0) is 13.2. The summed E-state index contributed by atoms with van der Waals surface area (Å²) in [6, 6.07) is 6.18. The molecule has 1 aromatic carbocycles. The topological polar surface area (TPSA) is 43.9 Å². The molecule has 19 heavy (non-hydrogen) atoms. The van der Waals surface area contributed by atoms with Crippen molar-refractivity contribution in [3.05, 3.63) is 60.0 Å². The van der Waals surface area contributed by atoms with E-state index < -0.39 is 0 Å². The first-order valence-electron chi connectivity index (χ1n) is 5.90. The molecule has 0 unspecified atom stereocenters. The van der Waals surface area contributed by atoms with Gasteiger partial charge in [-0.2, -0.15) is 5.10 Å². The maximum atomic E-state index is 13.1. The number of hydrogen-bond donors (Lipinski definition) is 0. The lowest BCUT2D eigenvalue weighted by molar-refractivity contribution is 0.567. The van der Waals surface area contributed by atoms with Gasteiger partial charge >= 0.3 is 0 Å². The molecule has 0 N–H and O–H groups in total. The Balaban J connectivity index is 1.83. The van der Waals surface area contributed by atoms with Crippen LogP contribution in [0.15, 0.2) is 47.3 Å². The molecule has 0 atom stereocenters. The average molecular weight is 257 g/mol. The number of aromatic nitrogens is 3. The van der Waals surface area contributed by atoms with E-state index >= 15 is 0 Å². The monoisotopic (exact) mass is 257 g/mol. The third-order valence-corrected chi connectivity index (χ3v) is 2.71. The fraction of sp³-hybridized carbons (Fsp3) is 0.143. The molecular weight excluding hydrogens is 245 g/mol. The van der Waals surface area contributed by atoms with E-state index in [1.165, 1.54) is 12.1 Å². The van der Waals surface area contributed by atoms with Crippen molar-refractivity contribution in [2.75, 3.05) is 0 Å². The zero-order valence-corrected chi connectivity index (χ0v) is 10.4. The Hall–Kier alpha value is -2.43. The third-order valence-electron chi connectivity index (χ3n) is 2.71. The summed E-state index contributed by atoms with van der Waals surface area (Å²) in [7, 11) is 0. The molecule has 0 spiro atoms.